The fourth-order valence-corrected chi connectivity index (χ4v) is 2.95. The monoisotopic (exact) mass is 326 g/mol. The van der Waals surface area contributed by atoms with Crippen LogP contribution in [0.2, 0.25) is 0 Å². The summed E-state index contributed by atoms with van der Waals surface area (Å²) in [6.45, 7) is 0. The number of aromatic nitrogens is 1. The van der Waals surface area contributed by atoms with E-state index in [4.69, 9.17) is 10.3 Å². The zero-order valence-corrected chi connectivity index (χ0v) is 12.9. The van der Waals surface area contributed by atoms with Crippen molar-refractivity contribution in [3.63, 3.8) is 0 Å². The Kier molecular flexibility index (Phi) is 4.09. The zero-order chi connectivity index (χ0) is 16.2. The highest BCUT2D eigenvalue weighted by molar-refractivity contribution is 7.22. The first-order chi connectivity index (χ1) is 11.2. The smallest absolute Gasteiger partial charge is 0.259 e. The Balaban J connectivity index is 1.90. The minimum absolute atomic E-state index is 0.334. The maximum absolute atomic E-state index is 12.4. The molecule has 0 saturated heterocycles. The minimum Gasteiger partial charge on any atom is -0.497 e. The molecule has 114 valence electrons. The van der Waals surface area contributed by atoms with Crippen LogP contribution >= 0.6 is 11.3 Å². The summed E-state index contributed by atoms with van der Waals surface area (Å²) in [5.41, 5.74) is 8.27. The van der Waals surface area contributed by atoms with Crippen LogP contribution in [-0.2, 0) is 0 Å². The van der Waals surface area contributed by atoms with Crippen LogP contribution < -0.4 is 15.0 Å². The number of ether oxygens (including phenoxy) is 1. The summed E-state index contributed by atoms with van der Waals surface area (Å²) in [5.74, 6) is 0.388. The van der Waals surface area contributed by atoms with Crippen LogP contribution in [-0.4, -0.2) is 18.0 Å². The molecule has 0 saturated carbocycles. The molecule has 7 nitrogen and oxygen atoms in total. The van der Waals surface area contributed by atoms with Crippen LogP contribution in [0, 0.1) is 5.53 Å². The highest BCUT2D eigenvalue weighted by atomic mass is 32.1. The van der Waals surface area contributed by atoms with Gasteiger partial charge in [0.25, 0.3) is 5.91 Å². The van der Waals surface area contributed by atoms with Crippen molar-refractivity contribution in [2.24, 2.45) is 5.11 Å². The van der Waals surface area contributed by atoms with Crippen LogP contribution in [0.4, 0.5) is 10.8 Å². The Bertz CT molecular complexity index is 931. The molecule has 1 heterocycles. The second kappa shape index (κ2) is 6.35. The van der Waals surface area contributed by atoms with Crippen molar-refractivity contribution in [2.45, 2.75) is 0 Å². The summed E-state index contributed by atoms with van der Waals surface area (Å²) in [4.78, 5) is 19.7. The first-order valence-corrected chi connectivity index (χ1v) is 7.45. The molecule has 0 bridgehead atoms. The van der Waals surface area contributed by atoms with Crippen molar-refractivity contribution in [3.8, 4) is 5.75 Å². The third-order valence-electron chi connectivity index (χ3n) is 3.12. The minimum atomic E-state index is -0.348. The molecule has 0 unspecified atom stereocenters. The molecule has 0 aliphatic heterocycles. The van der Waals surface area contributed by atoms with E-state index in [0.717, 1.165) is 16.0 Å². The maximum atomic E-state index is 12.4. The topological polar surface area (TPSA) is 102 Å². The molecule has 0 spiro atoms. The van der Waals surface area contributed by atoms with Crippen molar-refractivity contribution < 1.29 is 9.53 Å². The maximum Gasteiger partial charge on any atom is 0.259 e. The molecule has 3 rings (SSSR count). The number of hydrogen-bond acceptors (Lipinski definition) is 6. The van der Waals surface area contributed by atoms with E-state index in [1.54, 1.807) is 31.4 Å². The number of hydrogen-bond donors (Lipinski definition) is 2. The number of nitrogens with zero attached hydrogens (tertiary/aromatic N) is 3. The average Bonchev–Trinajstić information content (AvgIpc) is 2.96. The Labute approximate surface area is 135 Å². The molecule has 23 heavy (non-hydrogen) atoms. The van der Waals surface area contributed by atoms with Gasteiger partial charge in [-0.25, -0.2) is 4.98 Å². The summed E-state index contributed by atoms with van der Waals surface area (Å²) < 4.78 is 6.09. The van der Waals surface area contributed by atoms with Crippen molar-refractivity contribution >= 4 is 38.3 Å². The number of anilines is 1. The molecule has 2 N–H and O–H groups in total. The van der Waals surface area contributed by atoms with Crippen molar-refractivity contribution in [3.05, 3.63) is 48.0 Å². The van der Waals surface area contributed by atoms with Crippen LogP contribution in [0.25, 0.3) is 10.2 Å². The lowest BCUT2D eigenvalue weighted by molar-refractivity contribution is 0.102. The van der Waals surface area contributed by atoms with E-state index in [9.17, 15) is 4.79 Å². The Morgan fingerprint density at radius 3 is 2.96 bits per heavy atom. The van der Waals surface area contributed by atoms with E-state index in [1.807, 2.05) is 18.2 Å². The van der Waals surface area contributed by atoms with E-state index < -0.39 is 0 Å². The predicted molar refractivity (Wildman–Crippen MR) is 87.5 cm³/mol. The fourth-order valence-electron chi connectivity index (χ4n) is 2.06. The second-order valence-electron chi connectivity index (χ2n) is 4.52. The molecule has 0 fully saturated rings. The summed E-state index contributed by atoms with van der Waals surface area (Å²) in [5, 5.41) is 6.86. The average molecular weight is 326 g/mol. The number of thiazole rings is 1. The van der Waals surface area contributed by atoms with Gasteiger partial charge in [-0.1, -0.05) is 23.5 Å². The highest BCUT2D eigenvalue weighted by Crippen LogP contribution is 2.30. The molecule has 8 heteroatoms. The van der Waals surface area contributed by atoms with Gasteiger partial charge in [-0.3, -0.25) is 10.1 Å². The molecule has 1 amide bonds. The summed E-state index contributed by atoms with van der Waals surface area (Å²) in [7, 11) is 1.60. The van der Waals surface area contributed by atoms with Gasteiger partial charge in [0.15, 0.2) is 15.9 Å². The normalized spacial score (nSPS) is 10.1. The van der Waals surface area contributed by atoms with Gasteiger partial charge in [-0.2, -0.15) is 0 Å². The fraction of sp³-hybridized carbons (Fsp3) is 0.0667. The standard InChI is InChI=1S/C15H11N5O2S/c1-22-9-6-7-12-13(8-9)23-15(17-12)18-14(21)10-4-2-3-5-11(10)19-20-16/h2-8,16H,1H3/p+1. The third kappa shape index (κ3) is 3.08. The summed E-state index contributed by atoms with van der Waals surface area (Å²) in [6, 6.07) is 12.2. The van der Waals surface area contributed by atoms with Gasteiger partial charge >= 0.3 is 0 Å². The van der Waals surface area contributed by atoms with Crippen LogP contribution in [0.15, 0.2) is 47.6 Å². The van der Waals surface area contributed by atoms with Gasteiger partial charge in [0.05, 0.1) is 22.9 Å². The number of rotatable bonds is 4. The molecular weight excluding hydrogens is 314 g/mol. The molecule has 1 aromatic heterocycles. The van der Waals surface area contributed by atoms with Gasteiger partial charge in [0.1, 0.15) is 11.3 Å². The number of carbonyl (C=O) groups excluding carboxylic acids is 1. The zero-order valence-electron chi connectivity index (χ0n) is 12.1. The van der Waals surface area contributed by atoms with Gasteiger partial charge < -0.3 is 4.74 Å². The Morgan fingerprint density at radius 1 is 1.35 bits per heavy atom. The summed E-state index contributed by atoms with van der Waals surface area (Å²) in [6.07, 6.45) is 0. The second-order valence-corrected chi connectivity index (χ2v) is 5.55. The lowest BCUT2D eigenvalue weighted by Crippen LogP contribution is -2.11. The SMILES string of the molecule is COc1ccc2nc(NC(=O)c3ccccc3N=[N+]=N)sc2c1. The quantitative estimate of drug-likeness (QED) is 0.564. The number of benzene rings is 2. The van der Waals surface area contributed by atoms with E-state index in [0.29, 0.717) is 16.4 Å². The lowest BCUT2D eigenvalue weighted by atomic mass is 10.2. The lowest BCUT2D eigenvalue weighted by Gasteiger charge is -2.01. The van der Waals surface area contributed by atoms with Crippen molar-refractivity contribution in [1.29, 1.82) is 5.53 Å². The first kappa shape index (κ1) is 14.8. The molecule has 0 aliphatic rings. The summed E-state index contributed by atoms with van der Waals surface area (Å²) >= 11 is 1.35. The molecule has 0 atom stereocenters. The van der Waals surface area contributed by atoms with E-state index in [2.05, 4.69) is 20.3 Å². The largest absolute Gasteiger partial charge is 0.497 e. The first-order valence-electron chi connectivity index (χ1n) is 6.63. The van der Waals surface area contributed by atoms with Crippen LogP contribution in [0.3, 0.4) is 0 Å². The van der Waals surface area contributed by atoms with Crippen LogP contribution in [0.5, 0.6) is 5.75 Å². The molecule has 3 aromatic rings. The number of fused-ring (bicyclic) bond motifs is 1. The third-order valence-corrected chi connectivity index (χ3v) is 4.06. The number of amides is 1. The number of carbonyl (C=O) groups is 1. The Morgan fingerprint density at radius 2 is 2.17 bits per heavy atom. The van der Waals surface area contributed by atoms with Gasteiger partial charge in [0.2, 0.25) is 4.91 Å². The molecular formula is C15H12N5O2S+. The van der Waals surface area contributed by atoms with E-state index in [-0.39, 0.29) is 5.91 Å². The molecule has 2 aromatic carbocycles. The van der Waals surface area contributed by atoms with E-state index in [1.165, 1.54) is 11.3 Å². The number of nitrogens with one attached hydrogen (secondary N) is 2. The highest BCUT2D eigenvalue weighted by Gasteiger charge is 2.15. The van der Waals surface area contributed by atoms with Gasteiger partial charge in [-0.15, -0.1) is 0 Å². The van der Waals surface area contributed by atoms with Gasteiger partial charge in [-0.05, 0) is 30.3 Å². The van der Waals surface area contributed by atoms with Crippen molar-refractivity contribution in [2.75, 3.05) is 12.4 Å². The predicted octanol–water partition coefficient (Wildman–Crippen LogP) is 3.74. The number of methoxy groups -OCH3 is 1. The molecule has 0 radical (unpaired) electrons. The van der Waals surface area contributed by atoms with E-state index >= 15 is 0 Å². The Hall–Kier alpha value is -3.09. The molecule has 0 aliphatic carbocycles. The van der Waals surface area contributed by atoms with Crippen LogP contribution in [0.1, 0.15) is 10.4 Å². The van der Waals surface area contributed by atoms with Gasteiger partial charge in [0, 0.05) is 0 Å². The van der Waals surface area contributed by atoms with Crippen molar-refractivity contribution in [1.82, 2.24) is 9.90 Å².